The van der Waals surface area contributed by atoms with Gasteiger partial charge in [-0.2, -0.15) is 5.10 Å². The smallest absolute Gasteiger partial charge is 0.233 e. The molecule has 2 rings (SSSR count). The number of nitrogens with zero attached hydrogens (tertiary/aromatic N) is 2. The molecule has 1 amide bonds. The lowest BCUT2D eigenvalue weighted by atomic mass is 9.79. The fourth-order valence-electron chi connectivity index (χ4n) is 2.16. The minimum Gasteiger partial charge on any atom is -0.381 e. The Bertz CT molecular complexity index is 416. The molecule has 0 unspecified atom stereocenters. The number of ether oxygens (including phenoxy) is 1. The highest BCUT2D eigenvalue weighted by Crippen LogP contribution is 2.30. The van der Waals surface area contributed by atoms with Gasteiger partial charge in [0, 0.05) is 38.6 Å². The molecule has 1 aliphatic rings. The van der Waals surface area contributed by atoms with Crippen molar-refractivity contribution in [2.45, 2.75) is 19.8 Å². The Balaban J connectivity index is 2.10. The van der Waals surface area contributed by atoms with Crippen LogP contribution in [0.3, 0.4) is 0 Å². The molecule has 1 fully saturated rings. The van der Waals surface area contributed by atoms with Crippen molar-refractivity contribution in [2.75, 3.05) is 25.1 Å². The minimum absolute atomic E-state index is 0.0496. The third-order valence-electron chi connectivity index (χ3n) is 3.68. The fraction of sp³-hybridized carbons (Fsp3) is 0.667. The van der Waals surface area contributed by atoms with Crippen LogP contribution in [0.5, 0.6) is 0 Å². The van der Waals surface area contributed by atoms with Crippen LogP contribution >= 0.6 is 0 Å². The van der Waals surface area contributed by atoms with Crippen LogP contribution in [0, 0.1) is 12.3 Å². The normalized spacial score (nSPS) is 18.6. The summed E-state index contributed by atoms with van der Waals surface area (Å²) in [7, 11) is 1.85. The predicted molar refractivity (Wildman–Crippen MR) is 68.1 cm³/mol. The van der Waals surface area contributed by atoms with Gasteiger partial charge in [-0.15, -0.1) is 0 Å². The monoisotopic (exact) mass is 252 g/mol. The lowest BCUT2D eigenvalue weighted by Crippen LogP contribution is -2.46. The Hall–Kier alpha value is -1.40. The van der Waals surface area contributed by atoms with Crippen LogP contribution in [0.1, 0.15) is 18.5 Å². The van der Waals surface area contributed by atoms with Crippen molar-refractivity contribution in [1.29, 1.82) is 0 Å². The third kappa shape index (κ3) is 2.39. The molecule has 6 heteroatoms. The summed E-state index contributed by atoms with van der Waals surface area (Å²) < 4.78 is 7.03. The largest absolute Gasteiger partial charge is 0.381 e. The Morgan fingerprint density at radius 3 is 2.78 bits per heavy atom. The highest BCUT2D eigenvalue weighted by Gasteiger charge is 2.39. The molecule has 0 bridgehead atoms. The van der Waals surface area contributed by atoms with Crippen molar-refractivity contribution in [3.05, 3.63) is 11.8 Å². The zero-order chi connectivity index (χ0) is 13.2. The number of carbonyl (C=O) groups is 1. The summed E-state index contributed by atoms with van der Waals surface area (Å²) in [6, 6.07) is 1.85. The zero-order valence-corrected chi connectivity index (χ0v) is 10.9. The maximum atomic E-state index is 12.3. The van der Waals surface area contributed by atoms with Crippen LogP contribution in [-0.4, -0.2) is 35.4 Å². The lowest BCUT2D eigenvalue weighted by molar-refractivity contribution is -0.130. The van der Waals surface area contributed by atoms with E-state index in [-0.39, 0.29) is 5.91 Å². The molecule has 2 heterocycles. The first-order valence-electron chi connectivity index (χ1n) is 6.17. The number of hydrogen-bond acceptors (Lipinski definition) is 4. The van der Waals surface area contributed by atoms with Crippen LogP contribution in [0.15, 0.2) is 6.07 Å². The summed E-state index contributed by atoms with van der Waals surface area (Å²) >= 11 is 0. The Kier molecular flexibility index (Phi) is 3.68. The maximum absolute atomic E-state index is 12.3. The van der Waals surface area contributed by atoms with Gasteiger partial charge in [0.2, 0.25) is 5.91 Å². The van der Waals surface area contributed by atoms with Crippen molar-refractivity contribution >= 4 is 11.7 Å². The van der Waals surface area contributed by atoms with E-state index < -0.39 is 5.41 Å². The molecular weight excluding hydrogens is 232 g/mol. The molecule has 1 saturated heterocycles. The second kappa shape index (κ2) is 5.07. The average Bonchev–Trinajstić information content (AvgIpc) is 2.69. The number of anilines is 1. The Morgan fingerprint density at radius 1 is 1.61 bits per heavy atom. The van der Waals surface area contributed by atoms with Crippen LogP contribution in [-0.2, 0) is 16.6 Å². The van der Waals surface area contributed by atoms with E-state index in [9.17, 15) is 4.79 Å². The standard InChI is InChI=1S/C12H20N4O2/c1-9-7-10(15-16(9)2)14-11(17)12(8-13)3-5-18-6-4-12/h7H,3-6,8,13H2,1-2H3,(H,14,15,17). The van der Waals surface area contributed by atoms with Crippen LogP contribution in [0.4, 0.5) is 5.82 Å². The van der Waals surface area contributed by atoms with Crippen LogP contribution in [0.2, 0.25) is 0 Å². The number of carbonyl (C=O) groups excluding carboxylic acids is 1. The summed E-state index contributed by atoms with van der Waals surface area (Å²) in [5, 5.41) is 7.08. The van der Waals surface area contributed by atoms with E-state index >= 15 is 0 Å². The van der Waals surface area contributed by atoms with Gasteiger partial charge in [-0.3, -0.25) is 9.48 Å². The second-order valence-corrected chi connectivity index (χ2v) is 4.85. The molecule has 3 N–H and O–H groups in total. The van der Waals surface area contributed by atoms with E-state index in [1.165, 1.54) is 0 Å². The van der Waals surface area contributed by atoms with Gasteiger partial charge in [-0.25, -0.2) is 0 Å². The summed E-state index contributed by atoms with van der Waals surface area (Å²) in [4.78, 5) is 12.3. The van der Waals surface area contributed by atoms with E-state index in [0.717, 1.165) is 5.69 Å². The SMILES string of the molecule is Cc1cc(NC(=O)C2(CN)CCOCC2)nn1C. The van der Waals surface area contributed by atoms with E-state index in [0.29, 0.717) is 38.4 Å². The van der Waals surface area contributed by atoms with Crippen LogP contribution in [0.25, 0.3) is 0 Å². The highest BCUT2D eigenvalue weighted by molar-refractivity contribution is 5.94. The molecule has 1 aromatic heterocycles. The van der Waals surface area contributed by atoms with E-state index in [1.54, 1.807) is 4.68 Å². The number of hydrogen-bond donors (Lipinski definition) is 2. The molecule has 0 aromatic carbocycles. The molecule has 0 aliphatic carbocycles. The van der Waals surface area contributed by atoms with Gasteiger partial charge in [0.25, 0.3) is 0 Å². The number of rotatable bonds is 3. The quantitative estimate of drug-likeness (QED) is 0.817. The number of amides is 1. The van der Waals surface area contributed by atoms with E-state index in [1.807, 2.05) is 20.0 Å². The van der Waals surface area contributed by atoms with E-state index in [2.05, 4.69) is 10.4 Å². The molecule has 1 aliphatic heterocycles. The molecule has 0 radical (unpaired) electrons. The van der Waals surface area contributed by atoms with Crippen molar-refractivity contribution < 1.29 is 9.53 Å². The van der Waals surface area contributed by atoms with E-state index in [4.69, 9.17) is 10.5 Å². The lowest BCUT2D eigenvalue weighted by Gasteiger charge is -2.34. The topological polar surface area (TPSA) is 82.2 Å². The predicted octanol–water partition coefficient (Wildman–Crippen LogP) is 0.423. The zero-order valence-electron chi connectivity index (χ0n) is 10.9. The average molecular weight is 252 g/mol. The van der Waals surface area contributed by atoms with Crippen molar-refractivity contribution in [3.8, 4) is 0 Å². The first-order valence-corrected chi connectivity index (χ1v) is 6.17. The fourth-order valence-corrected chi connectivity index (χ4v) is 2.16. The summed E-state index contributed by atoms with van der Waals surface area (Å²) in [6.07, 6.45) is 1.34. The van der Waals surface area contributed by atoms with Crippen LogP contribution < -0.4 is 11.1 Å². The number of aromatic nitrogens is 2. The van der Waals surface area contributed by atoms with Crippen molar-refractivity contribution in [2.24, 2.45) is 18.2 Å². The Labute approximate surface area is 106 Å². The summed E-state index contributed by atoms with van der Waals surface area (Å²) in [5.41, 5.74) is 6.27. The molecule has 0 spiro atoms. The van der Waals surface area contributed by atoms with Gasteiger partial charge < -0.3 is 15.8 Å². The highest BCUT2D eigenvalue weighted by atomic mass is 16.5. The van der Waals surface area contributed by atoms with Gasteiger partial charge >= 0.3 is 0 Å². The maximum Gasteiger partial charge on any atom is 0.233 e. The molecule has 0 saturated carbocycles. The molecule has 18 heavy (non-hydrogen) atoms. The van der Waals surface area contributed by atoms with Crippen molar-refractivity contribution in [3.63, 3.8) is 0 Å². The van der Waals surface area contributed by atoms with Gasteiger partial charge in [0.15, 0.2) is 5.82 Å². The van der Waals surface area contributed by atoms with Gasteiger partial charge in [0.05, 0.1) is 5.41 Å². The first kappa shape index (κ1) is 13.0. The molecular formula is C12H20N4O2. The second-order valence-electron chi connectivity index (χ2n) is 4.85. The molecule has 1 aromatic rings. The molecule has 0 atom stereocenters. The van der Waals surface area contributed by atoms with Gasteiger partial charge in [-0.05, 0) is 19.8 Å². The molecule has 6 nitrogen and oxygen atoms in total. The minimum atomic E-state index is -0.510. The number of nitrogens with two attached hydrogens (primary N) is 1. The number of aryl methyl sites for hydroxylation is 2. The van der Waals surface area contributed by atoms with Gasteiger partial charge in [0.1, 0.15) is 0 Å². The van der Waals surface area contributed by atoms with Gasteiger partial charge in [-0.1, -0.05) is 0 Å². The first-order chi connectivity index (χ1) is 8.57. The summed E-state index contributed by atoms with van der Waals surface area (Å²) in [6.45, 7) is 3.46. The summed E-state index contributed by atoms with van der Waals surface area (Å²) in [5.74, 6) is 0.533. The van der Waals surface area contributed by atoms with Crippen molar-refractivity contribution in [1.82, 2.24) is 9.78 Å². The molecule has 100 valence electrons. The third-order valence-corrected chi connectivity index (χ3v) is 3.68. The number of nitrogens with one attached hydrogen (secondary N) is 1. The Morgan fingerprint density at radius 2 is 2.28 bits per heavy atom.